The Morgan fingerprint density at radius 3 is 2.93 bits per heavy atom. The summed E-state index contributed by atoms with van der Waals surface area (Å²) < 4.78 is 0. The summed E-state index contributed by atoms with van der Waals surface area (Å²) in [5.74, 6) is 5.24. The van der Waals surface area contributed by atoms with Crippen molar-refractivity contribution in [3.8, 4) is 11.8 Å². The van der Waals surface area contributed by atoms with E-state index in [9.17, 15) is 4.79 Å². The monoisotopic (exact) mass is 208 g/mol. The normalized spacial score (nSPS) is 8.93. The van der Waals surface area contributed by atoms with Gasteiger partial charge in [-0.15, -0.1) is 11.6 Å². The minimum atomic E-state index is -0.939. The summed E-state index contributed by atoms with van der Waals surface area (Å²) in [4.78, 5) is 10.6. The molecule has 2 nitrogen and oxygen atoms in total. The lowest BCUT2D eigenvalue weighted by molar-refractivity contribution is 0.0697. The van der Waals surface area contributed by atoms with E-state index in [0.717, 1.165) is 0 Å². The molecule has 0 heterocycles. The van der Waals surface area contributed by atoms with Crippen LogP contribution in [0.25, 0.3) is 0 Å². The van der Waals surface area contributed by atoms with E-state index in [1.807, 2.05) is 0 Å². The van der Waals surface area contributed by atoms with Crippen LogP contribution in [-0.4, -0.2) is 17.0 Å². The van der Waals surface area contributed by atoms with Crippen molar-refractivity contribution in [3.05, 3.63) is 35.4 Å². The lowest BCUT2D eigenvalue weighted by atomic mass is 10.1. The molecule has 0 aliphatic heterocycles. The van der Waals surface area contributed by atoms with E-state index in [-0.39, 0.29) is 5.56 Å². The first-order valence-electron chi connectivity index (χ1n) is 4.12. The Balaban J connectivity index is 2.85. The predicted octanol–water partition coefficient (Wildman–Crippen LogP) is 2.37. The molecule has 72 valence electrons. The van der Waals surface area contributed by atoms with Gasteiger partial charge in [0.05, 0.1) is 5.56 Å². The third-order valence-corrected chi connectivity index (χ3v) is 1.75. The Morgan fingerprint density at radius 1 is 1.50 bits per heavy atom. The third kappa shape index (κ3) is 3.12. The summed E-state index contributed by atoms with van der Waals surface area (Å²) in [5.41, 5.74) is 0.956. The molecule has 1 aromatic rings. The highest BCUT2D eigenvalue weighted by Crippen LogP contribution is 2.03. The van der Waals surface area contributed by atoms with E-state index < -0.39 is 5.97 Å². The van der Waals surface area contributed by atoms with Gasteiger partial charge in [0.25, 0.3) is 0 Å². The number of hydrogen-bond acceptors (Lipinski definition) is 1. The number of alkyl halides is 1. The fourth-order valence-electron chi connectivity index (χ4n) is 0.942. The molecule has 0 aromatic heterocycles. The summed E-state index contributed by atoms with van der Waals surface area (Å²) in [5, 5.41) is 8.71. The SMILES string of the molecule is O=C(O)c1cccc(C#CCCCl)c1. The second-order valence-corrected chi connectivity index (χ2v) is 3.00. The van der Waals surface area contributed by atoms with Crippen molar-refractivity contribution < 1.29 is 9.90 Å². The van der Waals surface area contributed by atoms with Crippen molar-refractivity contribution in [2.45, 2.75) is 6.42 Å². The number of aromatic carboxylic acids is 1. The second kappa shape index (κ2) is 5.31. The van der Waals surface area contributed by atoms with Gasteiger partial charge >= 0.3 is 5.97 Å². The highest BCUT2D eigenvalue weighted by Gasteiger charge is 2.00. The van der Waals surface area contributed by atoms with Gasteiger partial charge in [0.1, 0.15) is 0 Å². The van der Waals surface area contributed by atoms with Gasteiger partial charge in [-0.3, -0.25) is 0 Å². The maximum absolute atomic E-state index is 10.6. The van der Waals surface area contributed by atoms with Crippen LogP contribution in [-0.2, 0) is 0 Å². The maximum Gasteiger partial charge on any atom is 0.335 e. The van der Waals surface area contributed by atoms with Gasteiger partial charge in [-0.25, -0.2) is 4.79 Å². The summed E-state index contributed by atoms with van der Waals surface area (Å²) >= 11 is 5.45. The predicted molar refractivity (Wildman–Crippen MR) is 55.6 cm³/mol. The number of rotatable bonds is 2. The van der Waals surface area contributed by atoms with Crippen molar-refractivity contribution in [1.29, 1.82) is 0 Å². The molecule has 0 atom stereocenters. The largest absolute Gasteiger partial charge is 0.478 e. The van der Waals surface area contributed by atoms with Crippen LogP contribution in [0.4, 0.5) is 0 Å². The van der Waals surface area contributed by atoms with Crippen LogP contribution < -0.4 is 0 Å². The molecule has 0 unspecified atom stereocenters. The zero-order valence-corrected chi connectivity index (χ0v) is 8.21. The molecule has 1 rings (SSSR count). The van der Waals surface area contributed by atoms with Crippen LogP contribution in [0.2, 0.25) is 0 Å². The van der Waals surface area contributed by atoms with Gasteiger partial charge in [0.15, 0.2) is 0 Å². The van der Waals surface area contributed by atoms with Gasteiger partial charge in [-0.2, -0.15) is 0 Å². The number of carboxylic acids is 1. The lowest BCUT2D eigenvalue weighted by Gasteiger charge is -1.93. The Labute approximate surface area is 87.5 Å². The maximum atomic E-state index is 10.6. The standard InChI is InChI=1S/C11H9ClO2/c12-7-2-1-4-9-5-3-6-10(8-9)11(13)14/h3,5-6,8H,2,7H2,(H,13,14). The summed E-state index contributed by atoms with van der Waals surface area (Å²) in [6.45, 7) is 0. The molecular formula is C11H9ClO2. The summed E-state index contributed by atoms with van der Waals surface area (Å²) in [6, 6.07) is 6.53. The van der Waals surface area contributed by atoms with Crippen LogP contribution in [0.1, 0.15) is 22.3 Å². The number of hydrogen-bond donors (Lipinski definition) is 1. The number of carbonyl (C=O) groups is 1. The van der Waals surface area contributed by atoms with E-state index in [1.165, 1.54) is 6.07 Å². The first-order valence-corrected chi connectivity index (χ1v) is 4.65. The molecule has 0 aliphatic carbocycles. The molecule has 0 saturated heterocycles. The van der Waals surface area contributed by atoms with E-state index in [2.05, 4.69) is 11.8 Å². The quantitative estimate of drug-likeness (QED) is 0.599. The zero-order valence-electron chi connectivity index (χ0n) is 7.46. The van der Waals surface area contributed by atoms with Crippen molar-refractivity contribution >= 4 is 17.6 Å². The van der Waals surface area contributed by atoms with Crippen LogP contribution >= 0.6 is 11.6 Å². The fourth-order valence-corrected chi connectivity index (χ4v) is 1.04. The van der Waals surface area contributed by atoms with E-state index in [4.69, 9.17) is 16.7 Å². The number of halogens is 1. The van der Waals surface area contributed by atoms with Gasteiger partial charge < -0.3 is 5.11 Å². The Kier molecular flexibility index (Phi) is 4.03. The fraction of sp³-hybridized carbons (Fsp3) is 0.182. The smallest absolute Gasteiger partial charge is 0.335 e. The van der Waals surface area contributed by atoms with Gasteiger partial charge in [0, 0.05) is 17.9 Å². The van der Waals surface area contributed by atoms with Crippen LogP contribution in [0.3, 0.4) is 0 Å². The first-order chi connectivity index (χ1) is 6.74. The highest BCUT2D eigenvalue weighted by molar-refractivity contribution is 6.18. The Hall–Kier alpha value is -1.46. The minimum absolute atomic E-state index is 0.252. The molecule has 0 fully saturated rings. The van der Waals surface area contributed by atoms with Crippen molar-refractivity contribution in [2.24, 2.45) is 0 Å². The molecule has 0 bridgehead atoms. The van der Waals surface area contributed by atoms with Gasteiger partial charge in [-0.1, -0.05) is 17.9 Å². The zero-order chi connectivity index (χ0) is 10.4. The molecular weight excluding hydrogens is 200 g/mol. The molecule has 0 amide bonds. The Morgan fingerprint density at radius 2 is 2.29 bits per heavy atom. The van der Waals surface area contributed by atoms with Crippen molar-refractivity contribution in [3.63, 3.8) is 0 Å². The average Bonchev–Trinajstić information content (AvgIpc) is 2.19. The molecule has 0 aliphatic rings. The molecule has 3 heteroatoms. The minimum Gasteiger partial charge on any atom is -0.478 e. The Bertz CT molecular complexity index is 388. The molecule has 0 radical (unpaired) electrons. The van der Waals surface area contributed by atoms with Crippen molar-refractivity contribution in [2.75, 3.05) is 5.88 Å². The molecule has 1 N–H and O–H groups in total. The molecule has 0 saturated carbocycles. The summed E-state index contributed by atoms with van der Waals surface area (Å²) in [6.07, 6.45) is 0.610. The summed E-state index contributed by atoms with van der Waals surface area (Å²) in [7, 11) is 0. The lowest BCUT2D eigenvalue weighted by Crippen LogP contribution is -1.95. The van der Waals surface area contributed by atoms with Crippen molar-refractivity contribution in [1.82, 2.24) is 0 Å². The highest BCUT2D eigenvalue weighted by atomic mass is 35.5. The molecule has 1 aromatic carbocycles. The average molecular weight is 209 g/mol. The van der Waals surface area contributed by atoms with E-state index in [1.54, 1.807) is 18.2 Å². The van der Waals surface area contributed by atoms with E-state index in [0.29, 0.717) is 17.9 Å². The van der Waals surface area contributed by atoms with Crippen LogP contribution in [0.15, 0.2) is 24.3 Å². The van der Waals surface area contributed by atoms with Gasteiger partial charge in [0.2, 0.25) is 0 Å². The topological polar surface area (TPSA) is 37.3 Å². The number of carboxylic acid groups (broad SMARTS) is 1. The number of benzene rings is 1. The molecule has 0 spiro atoms. The van der Waals surface area contributed by atoms with Gasteiger partial charge in [-0.05, 0) is 18.2 Å². The molecule has 14 heavy (non-hydrogen) atoms. The van der Waals surface area contributed by atoms with E-state index >= 15 is 0 Å². The third-order valence-electron chi connectivity index (χ3n) is 1.56. The first kappa shape index (κ1) is 10.6. The van der Waals surface area contributed by atoms with Crippen LogP contribution in [0, 0.1) is 11.8 Å². The van der Waals surface area contributed by atoms with Crippen LogP contribution in [0.5, 0.6) is 0 Å². The second-order valence-electron chi connectivity index (χ2n) is 2.63.